The third kappa shape index (κ3) is 2.84. The molecule has 5 nitrogen and oxygen atoms in total. The molecule has 0 radical (unpaired) electrons. The van der Waals surface area contributed by atoms with Gasteiger partial charge in [-0.1, -0.05) is 6.07 Å². The number of aromatic nitrogens is 1. The van der Waals surface area contributed by atoms with Gasteiger partial charge >= 0.3 is 0 Å². The molecule has 1 aromatic rings. The summed E-state index contributed by atoms with van der Waals surface area (Å²) in [5.41, 5.74) is 0.311. The summed E-state index contributed by atoms with van der Waals surface area (Å²) in [4.78, 5) is 33.8. The van der Waals surface area contributed by atoms with Gasteiger partial charge in [0.1, 0.15) is 5.54 Å². The quantitative estimate of drug-likeness (QED) is 0.857. The summed E-state index contributed by atoms with van der Waals surface area (Å²) in [7, 11) is 0. The van der Waals surface area contributed by atoms with Gasteiger partial charge in [-0.2, -0.15) is 0 Å². The number of hydrogen-bond acceptors (Lipinski definition) is 3. The van der Waals surface area contributed by atoms with Crippen molar-refractivity contribution in [1.29, 1.82) is 0 Å². The zero-order chi connectivity index (χ0) is 16.4. The van der Waals surface area contributed by atoms with Gasteiger partial charge in [-0.3, -0.25) is 14.6 Å². The maximum atomic E-state index is 13.1. The topological polar surface area (TPSA) is 53.5 Å². The van der Waals surface area contributed by atoms with Crippen LogP contribution in [0.25, 0.3) is 0 Å². The Morgan fingerprint density at radius 1 is 1.30 bits per heavy atom. The van der Waals surface area contributed by atoms with E-state index in [9.17, 15) is 9.59 Å². The van der Waals surface area contributed by atoms with Crippen molar-refractivity contribution in [2.24, 2.45) is 0 Å². The fraction of sp³-hybridized carbons (Fsp3) is 0.611. The Morgan fingerprint density at radius 2 is 2.04 bits per heavy atom. The maximum Gasteiger partial charge on any atom is 0.248 e. The second-order valence-corrected chi connectivity index (χ2v) is 6.91. The zero-order valence-electron chi connectivity index (χ0n) is 14.0. The Labute approximate surface area is 137 Å². The number of pyridine rings is 1. The van der Waals surface area contributed by atoms with Crippen LogP contribution in [0, 0.1) is 0 Å². The molecule has 0 saturated carbocycles. The number of likely N-dealkylation sites (tertiary alicyclic amines) is 2. The van der Waals surface area contributed by atoms with Crippen molar-refractivity contribution in [2.45, 2.75) is 57.5 Å². The van der Waals surface area contributed by atoms with Crippen molar-refractivity contribution in [3.8, 4) is 0 Å². The molecule has 1 unspecified atom stereocenters. The first-order valence-corrected chi connectivity index (χ1v) is 8.55. The highest BCUT2D eigenvalue weighted by Gasteiger charge is 2.52. The molecule has 1 atom stereocenters. The molecule has 3 heterocycles. The average molecular weight is 315 g/mol. The molecule has 3 rings (SSSR count). The van der Waals surface area contributed by atoms with E-state index in [-0.39, 0.29) is 17.9 Å². The second kappa shape index (κ2) is 6.30. The number of piperidine rings is 1. The molecule has 2 saturated heterocycles. The van der Waals surface area contributed by atoms with Crippen LogP contribution in [-0.4, -0.2) is 51.3 Å². The predicted molar refractivity (Wildman–Crippen MR) is 87.7 cm³/mol. The first kappa shape index (κ1) is 16.0. The standard InChI is InChI=1S/C18H25N3O2/c1-14(2)20-10-4-7-18(17(20)23)8-5-11-21(18)16(22)12-15-6-3-9-19-13-15/h3,6,9,13-14H,4-5,7-8,10-12H2,1-2H3. The molecule has 124 valence electrons. The molecule has 0 N–H and O–H groups in total. The Bertz CT molecular complexity index is 587. The molecule has 0 aromatic carbocycles. The van der Waals surface area contributed by atoms with Crippen LogP contribution >= 0.6 is 0 Å². The summed E-state index contributed by atoms with van der Waals surface area (Å²) in [6.45, 7) is 5.60. The van der Waals surface area contributed by atoms with Crippen LogP contribution in [0.3, 0.4) is 0 Å². The number of nitrogens with zero attached hydrogens (tertiary/aromatic N) is 3. The highest BCUT2D eigenvalue weighted by Crippen LogP contribution is 2.39. The van der Waals surface area contributed by atoms with Crippen molar-refractivity contribution in [1.82, 2.24) is 14.8 Å². The van der Waals surface area contributed by atoms with E-state index in [2.05, 4.69) is 4.98 Å². The van der Waals surface area contributed by atoms with E-state index in [1.165, 1.54) is 0 Å². The van der Waals surface area contributed by atoms with E-state index in [4.69, 9.17) is 0 Å². The Hall–Kier alpha value is -1.91. The van der Waals surface area contributed by atoms with Crippen molar-refractivity contribution in [2.75, 3.05) is 13.1 Å². The number of carbonyl (C=O) groups excluding carboxylic acids is 2. The van der Waals surface area contributed by atoms with Gasteiger partial charge in [0.2, 0.25) is 11.8 Å². The third-order valence-electron chi connectivity index (χ3n) is 5.14. The zero-order valence-corrected chi connectivity index (χ0v) is 14.0. The van der Waals surface area contributed by atoms with Gasteiger partial charge in [0.05, 0.1) is 6.42 Å². The summed E-state index contributed by atoms with van der Waals surface area (Å²) in [6.07, 6.45) is 7.24. The normalized spacial score (nSPS) is 24.7. The van der Waals surface area contributed by atoms with Crippen LogP contribution in [-0.2, 0) is 16.0 Å². The van der Waals surface area contributed by atoms with Crippen LogP contribution < -0.4 is 0 Å². The largest absolute Gasteiger partial charge is 0.338 e. The first-order valence-electron chi connectivity index (χ1n) is 8.55. The van der Waals surface area contributed by atoms with Crippen LogP contribution in [0.5, 0.6) is 0 Å². The van der Waals surface area contributed by atoms with Gasteiger partial charge in [0.15, 0.2) is 0 Å². The lowest BCUT2D eigenvalue weighted by Gasteiger charge is -2.46. The molecular weight excluding hydrogens is 290 g/mol. The third-order valence-corrected chi connectivity index (χ3v) is 5.14. The molecular formula is C18H25N3O2. The van der Waals surface area contributed by atoms with Gasteiger partial charge in [0, 0.05) is 31.5 Å². The molecule has 2 aliphatic rings. The summed E-state index contributed by atoms with van der Waals surface area (Å²) in [6, 6.07) is 3.95. The van der Waals surface area contributed by atoms with Crippen molar-refractivity contribution in [3.05, 3.63) is 30.1 Å². The summed E-state index contributed by atoms with van der Waals surface area (Å²) >= 11 is 0. The number of hydrogen-bond donors (Lipinski definition) is 0. The van der Waals surface area contributed by atoms with E-state index in [1.54, 1.807) is 12.4 Å². The van der Waals surface area contributed by atoms with Crippen molar-refractivity contribution in [3.63, 3.8) is 0 Å². The van der Waals surface area contributed by atoms with Gasteiger partial charge in [0.25, 0.3) is 0 Å². The molecule has 1 aromatic heterocycles. The van der Waals surface area contributed by atoms with Crippen molar-refractivity contribution < 1.29 is 9.59 Å². The molecule has 0 aliphatic carbocycles. The Morgan fingerprint density at radius 3 is 2.70 bits per heavy atom. The SMILES string of the molecule is CC(C)N1CCCC2(CCCN2C(=O)Cc2cccnc2)C1=O. The number of rotatable bonds is 3. The van der Waals surface area contributed by atoms with Gasteiger partial charge in [-0.25, -0.2) is 0 Å². The second-order valence-electron chi connectivity index (χ2n) is 6.91. The summed E-state index contributed by atoms with van der Waals surface area (Å²) < 4.78 is 0. The first-order chi connectivity index (χ1) is 11.0. The molecule has 2 aliphatic heterocycles. The lowest BCUT2D eigenvalue weighted by molar-refractivity contribution is -0.156. The Kier molecular flexibility index (Phi) is 4.37. The molecule has 2 amide bonds. The van der Waals surface area contributed by atoms with Crippen molar-refractivity contribution >= 4 is 11.8 Å². The molecule has 0 bridgehead atoms. The highest BCUT2D eigenvalue weighted by molar-refractivity contribution is 5.93. The molecule has 2 fully saturated rings. The minimum atomic E-state index is -0.595. The summed E-state index contributed by atoms with van der Waals surface area (Å²) in [5.74, 6) is 0.199. The van der Waals surface area contributed by atoms with Gasteiger partial charge in [-0.05, 0) is 51.2 Å². The van der Waals surface area contributed by atoms with E-state index >= 15 is 0 Å². The highest BCUT2D eigenvalue weighted by atomic mass is 16.2. The minimum absolute atomic E-state index is 0.0504. The lowest BCUT2D eigenvalue weighted by atomic mass is 9.84. The lowest BCUT2D eigenvalue weighted by Crippen LogP contribution is -2.62. The van der Waals surface area contributed by atoms with Crippen LogP contribution in [0.1, 0.15) is 45.1 Å². The fourth-order valence-corrected chi connectivity index (χ4v) is 4.01. The Balaban J connectivity index is 1.81. The smallest absolute Gasteiger partial charge is 0.248 e. The van der Waals surface area contributed by atoms with Crippen LogP contribution in [0.4, 0.5) is 0 Å². The number of carbonyl (C=O) groups is 2. The molecule has 23 heavy (non-hydrogen) atoms. The summed E-state index contributed by atoms with van der Waals surface area (Å²) in [5, 5.41) is 0. The number of amides is 2. The van der Waals surface area contributed by atoms with Crippen LogP contribution in [0.2, 0.25) is 0 Å². The van der Waals surface area contributed by atoms with Crippen LogP contribution in [0.15, 0.2) is 24.5 Å². The monoisotopic (exact) mass is 315 g/mol. The van der Waals surface area contributed by atoms with E-state index in [1.807, 2.05) is 35.8 Å². The van der Waals surface area contributed by atoms with Gasteiger partial charge in [-0.15, -0.1) is 0 Å². The van der Waals surface area contributed by atoms with E-state index in [0.29, 0.717) is 13.0 Å². The predicted octanol–water partition coefficient (Wildman–Crippen LogP) is 2.02. The molecule has 5 heteroatoms. The molecule has 1 spiro atoms. The average Bonchev–Trinajstić information content (AvgIpc) is 2.95. The maximum absolute atomic E-state index is 13.1. The van der Waals surface area contributed by atoms with E-state index in [0.717, 1.165) is 37.8 Å². The van der Waals surface area contributed by atoms with E-state index < -0.39 is 5.54 Å². The minimum Gasteiger partial charge on any atom is -0.338 e. The fourth-order valence-electron chi connectivity index (χ4n) is 4.01. The van der Waals surface area contributed by atoms with Gasteiger partial charge < -0.3 is 9.80 Å².